The number of nitrogens with two attached hydrogens (primary N) is 2. The van der Waals surface area contributed by atoms with Crippen LogP contribution in [0.1, 0.15) is 23.3 Å². The van der Waals surface area contributed by atoms with E-state index in [1.165, 1.54) is 4.68 Å². The molecular formula is C8H13N5O2. The van der Waals surface area contributed by atoms with Gasteiger partial charge in [0.1, 0.15) is 0 Å². The maximum absolute atomic E-state index is 10.9. The highest BCUT2D eigenvalue weighted by atomic mass is 16.5. The predicted octanol–water partition coefficient (Wildman–Crippen LogP) is -0.862. The largest absolute Gasteiger partial charge is 0.382 e. The lowest BCUT2D eigenvalue weighted by molar-refractivity contribution is 0.0939. The lowest BCUT2D eigenvalue weighted by Gasteiger charge is -2.09. The first-order chi connectivity index (χ1) is 7.18. The second-order valence-electron chi connectivity index (χ2n) is 3.50. The number of nitrogens with zero attached hydrogens (tertiary/aromatic N) is 3. The van der Waals surface area contributed by atoms with Crippen molar-refractivity contribution in [2.24, 2.45) is 5.73 Å². The number of hydrogen-bond acceptors (Lipinski definition) is 5. The van der Waals surface area contributed by atoms with Crippen LogP contribution in [0.2, 0.25) is 0 Å². The minimum Gasteiger partial charge on any atom is -0.382 e. The number of rotatable bonds is 3. The van der Waals surface area contributed by atoms with Crippen LogP contribution in [0.25, 0.3) is 0 Å². The molecule has 2 rings (SSSR count). The van der Waals surface area contributed by atoms with Crippen molar-refractivity contribution >= 4 is 11.7 Å². The van der Waals surface area contributed by atoms with Crippen LogP contribution in [0.4, 0.5) is 5.82 Å². The second kappa shape index (κ2) is 3.85. The summed E-state index contributed by atoms with van der Waals surface area (Å²) in [5, 5.41) is 7.38. The number of carbonyl (C=O) groups excluding carboxylic acids is 1. The summed E-state index contributed by atoms with van der Waals surface area (Å²) in [6, 6.07) is 0. The van der Waals surface area contributed by atoms with E-state index in [1.807, 2.05) is 0 Å². The maximum atomic E-state index is 10.9. The number of anilines is 1. The summed E-state index contributed by atoms with van der Waals surface area (Å²) in [5.41, 5.74) is 10.8. The molecule has 1 amide bonds. The van der Waals surface area contributed by atoms with Crippen LogP contribution in [0.5, 0.6) is 0 Å². The van der Waals surface area contributed by atoms with Crippen LogP contribution in [-0.2, 0) is 11.3 Å². The van der Waals surface area contributed by atoms with Gasteiger partial charge in [0.15, 0.2) is 11.5 Å². The van der Waals surface area contributed by atoms with E-state index in [0.717, 1.165) is 19.4 Å². The minimum absolute atomic E-state index is 0.0213. The monoisotopic (exact) mass is 211 g/mol. The molecule has 1 saturated heterocycles. The van der Waals surface area contributed by atoms with Crippen LogP contribution in [0.15, 0.2) is 0 Å². The molecule has 0 radical (unpaired) electrons. The smallest absolute Gasteiger partial charge is 0.273 e. The Bertz CT molecular complexity index is 369. The van der Waals surface area contributed by atoms with Crippen molar-refractivity contribution in [3.05, 3.63) is 5.69 Å². The van der Waals surface area contributed by atoms with Crippen LogP contribution in [0.3, 0.4) is 0 Å². The van der Waals surface area contributed by atoms with E-state index in [0.29, 0.717) is 6.54 Å². The fraction of sp³-hybridized carbons (Fsp3) is 0.625. The topological polar surface area (TPSA) is 109 Å². The van der Waals surface area contributed by atoms with E-state index in [9.17, 15) is 4.79 Å². The number of ether oxygens (including phenoxy) is 1. The lowest BCUT2D eigenvalue weighted by Crippen LogP contribution is -2.19. The van der Waals surface area contributed by atoms with Crippen LogP contribution < -0.4 is 11.5 Å². The molecular weight excluding hydrogens is 198 g/mol. The SMILES string of the molecule is NC(=O)c1nnn(CC2CCCO2)c1N. The Morgan fingerprint density at radius 2 is 2.47 bits per heavy atom. The number of carbonyl (C=O) groups is 1. The van der Waals surface area contributed by atoms with Gasteiger partial charge in [0.25, 0.3) is 5.91 Å². The molecule has 1 aromatic heterocycles. The summed E-state index contributed by atoms with van der Waals surface area (Å²) in [7, 11) is 0. The number of hydrogen-bond donors (Lipinski definition) is 2. The Hall–Kier alpha value is -1.63. The van der Waals surface area contributed by atoms with Gasteiger partial charge in [-0.1, -0.05) is 5.21 Å². The summed E-state index contributed by atoms with van der Waals surface area (Å²) in [6.45, 7) is 1.29. The van der Waals surface area contributed by atoms with Gasteiger partial charge in [-0.3, -0.25) is 4.79 Å². The van der Waals surface area contributed by atoms with Crippen molar-refractivity contribution in [1.29, 1.82) is 0 Å². The van der Waals surface area contributed by atoms with Gasteiger partial charge in [0.2, 0.25) is 0 Å². The third-order valence-electron chi connectivity index (χ3n) is 2.41. The van der Waals surface area contributed by atoms with Gasteiger partial charge in [0, 0.05) is 6.61 Å². The van der Waals surface area contributed by atoms with Gasteiger partial charge >= 0.3 is 0 Å². The fourth-order valence-corrected chi connectivity index (χ4v) is 1.61. The predicted molar refractivity (Wildman–Crippen MR) is 51.9 cm³/mol. The second-order valence-corrected chi connectivity index (χ2v) is 3.50. The summed E-state index contributed by atoms with van der Waals surface area (Å²) >= 11 is 0. The molecule has 0 saturated carbocycles. The molecule has 1 fully saturated rings. The molecule has 82 valence electrons. The van der Waals surface area contributed by atoms with E-state index < -0.39 is 5.91 Å². The molecule has 15 heavy (non-hydrogen) atoms. The quantitative estimate of drug-likeness (QED) is 0.676. The molecule has 1 aliphatic heterocycles. The van der Waals surface area contributed by atoms with Gasteiger partial charge in [-0.15, -0.1) is 5.10 Å². The molecule has 4 N–H and O–H groups in total. The first-order valence-electron chi connectivity index (χ1n) is 4.79. The molecule has 0 aromatic carbocycles. The summed E-state index contributed by atoms with van der Waals surface area (Å²) in [5.74, 6) is -0.455. The minimum atomic E-state index is -0.661. The molecule has 7 nitrogen and oxygen atoms in total. The fourth-order valence-electron chi connectivity index (χ4n) is 1.61. The van der Waals surface area contributed by atoms with E-state index in [4.69, 9.17) is 16.2 Å². The Morgan fingerprint density at radius 3 is 3.00 bits per heavy atom. The number of primary amides is 1. The average Bonchev–Trinajstić information content (AvgIpc) is 2.78. The Balaban J connectivity index is 2.11. The molecule has 1 unspecified atom stereocenters. The van der Waals surface area contributed by atoms with Gasteiger partial charge in [-0.25, -0.2) is 4.68 Å². The number of nitrogen functional groups attached to an aromatic ring is 1. The van der Waals surface area contributed by atoms with Crippen molar-refractivity contribution in [3.8, 4) is 0 Å². The molecule has 0 spiro atoms. The molecule has 2 heterocycles. The lowest BCUT2D eigenvalue weighted by atomic mass is 10.2. The van der Waals surface area contributed by atoms with E-state index >= 15 is 0 Å². The van der Waals surface area contributed by atoms with Gasteiger partial charge < -0.3 is 16.2 Å². The van der Waals surface area contributed by atoms with Crippen LogP contribution >= 0.6 is 0 Å². The van der Waals surface area contributed by atoms with Gasteiger partial charge in [-0.2, -0.15) is 0 Å². The summed E-state index contributed by atoms with van der Waals surface area (Å²) in [6.07, 6.45) is 2.13. The summed E-state index contributed by atoms with van der Waals surface area (Å²) < 4.78 is 6.88. The Labute approximate surface area is 86.4 Å². The van der Waals surface area contributed by atoms with E-state index in [2.05, 4.69) is 10.3 Å². The van der Waals surface area contributed by atoms with Gasteiger partial charge in [-0.05, 0) is 12.8 Å². The van der Waals surface area contributed by atoms with Crippen molar-refractivity contribution in [1.82, 2.24) is 15.0 Å². The molecule has 1 aliphatic rings. The normalized spacial score (nSPS) is 20.7. The third-order valence-corrected chi connectivity index (χ3v) is 2.41. The van der Waals surface area contributed by atoms with Crippen molar-refractivity contribution in [2.45, 2.75) is 25.5 Å². The van der Waals surface area contributed by atoms with Crippen LogP contribution in [0, 0.1) is 0 Å². The highest BCUT2D eigenvalue weighted by molar-refractivity contribution is 5.94. The number of amides is 1. The molecule has 1 atom stereocenters. The molecule has 7 heteroatoms. The maximum Gasteiger partial charge on any atom is 0.273 e. The molecule has 1 aromatic rings. The van der Waals surface area contributed by atoms with Crippen molar-refractivity contribution in [3.63, 3.8) is 0 Å². The van der Waals surface area contributed by atoms with Crippen LogP contribution in [-0.4, -0.2) is 33.6 Å². The Kier molecular flexibility index (Phi) is 2.55. The average molecular weight is 211 g/mol. The number of aromatic nitrogens is 3. The summed E-state index contributed by atoms with van der Waals surface area (Å²) in [4.78, 5) is 10.9. The zero-order valence-electron chi connectivity index (χ0n) is 8.22. The molecule has 0 aliphatic carbocycles. The van der Waals surface area contributed by atoms with E-state index in [1.54, 1.807) is 0 Å². The first kappa shape index (κ1) is 9.91. The van der Waals surface area contributed by atoms with Crippen molar-refractivity contribution < 1.29 is 9.53 Å². The zero-order chi connectivity index (χ0) is 10.8. The zero-order valence-corrected chi connectivity index (χ0v) is 8.22. The highest BCUT2D eigenvalue weighted by Crippen LogP contribution is 2.16. The Morgan fingerprint density at radius 1 is 1.67 bits per heavy atom. The standard InChI is InChI=1S/C8H13N5O2/c9-7-6(8(10)14)11-12-13(7)4-5-2-1-3-15-5/h5H,1-4,9H2,(H2,10,14). The molecule has 0 bridgehead atoms. The van der Waals surface area contributed by atoms with Gasteiger partial charge in [0.05, 0.1) is 12.6 Å². The van der Waals surface area contributed by atoms with Crippen molar-refractivity contribution in [2.75, 3.05) is 12.3 Å². The van der Waals surface area contributed by atoms with E-state index in [-0.39, 0.29) is 17.6 Å². The highest BCUT2D eigenvalue weighted by Gasteiger charge is 2.20. The first-order valence-corrected chi connectivity index (χ1v) is 4.79. The third kappa shape index (κ3) is 1.91.